The van der Waals surface area contributed by atoms with Crippen molar-refractivity contribution in [2.75, 3.05) is 0 Å². The summed E-state index contributed by atoms with van der Waals surface area (Å²) in [6.07, 6.45) is 3.32. The summed E-state index contributed by atoms with van der Waals surface area (Å²) >= 11 is 5.02. The lowest BCUT2D eigenvalue weighted by atomic mass is 9.82. The summed E-state index contributed by atoms with van der Waals surface area (Å²) in [6, 6.07) is 0. The van der Waals surface area contributed by atoms with E-state index in [4.69, 9.17) is 17.3 Å². The molecule has 0 radical (unpaired) electrons. The first-order chi connectivity index (χ1) is 6.61. The average Bonchev–Trinajstić information content (AvgIpc) is 2.29. The van der Waals surface area contributed by atoms with Crippen molar-refractivity contribution in [1.29, 1.82) is 0 Å². The Morgan fingerprint density at radius 2 is 2.29 bits per heavy atom. The van der Waals surface area contributed by atoms with Crippen molar-refractivity contribution >= 4 is 18.2 Å². The molecule has 1 aromatic rings. The monoisotopic (exact) mass is 212 g/mol. The van der Waals surface area contributed by atoms with Gasteiger partial charge in [0.25, 0.3) is 0 Å². The first kappa shape index (κ1) is 9.45. The summed E-state index contributed by atoms with van der Waals surface area (Å²) in [5, 5.41) is 8.98. The first-order valence-corrected chi connectivity index (χ1v) is 5.04. The van der Waals surface area contributed by atoms with E-state index in [9.17, 15) is 4.79 Å². The highest BCUT2D eigenvalue weighted by Crippen LogP contribution is 2.37. The highest BCUT2D eigenvalue weighted by molar-refractivity contribution is 7.71. The van der Waals surface area contributed by atoms with Crippen LogP contribution in [0.5, 0.6) is 0 Å². The lowest BCUT2D eigenvalue weighted by Crippen LogP contribution is -2.16. The van der Waals surface area contributed by atoms with Crippen LogP contribution in [0.25, 0.3) is 0 Å². The Morgan fingerprint density at radius 1 is 1.64 bits per heavy atom. The lowest BCUT2D eigenvalue weighted by molar-refractivity contribution is 0.0688. The summed E-state index contributed by atoms with van der Waals surface area (Å²) in [6.45, 7) is 0. The fourth-order valence-electron chi connectivity index (χ4n) is 1.85. The maximum Gasteiger partial charge on any atom is 0.354 e. The number of aromatic amines is 1. The maximum atomic E-state index is 10.9. The van der Waals surface area contributed by atoms with Gasteiger partial charge in [-0.1, -0.05) is 6.42 Å². The Balaban J connectivity index is 2.53. The van der Waals surface area contributed by atoms with Crippen LogP contribution in [0.4, 0.5) is 0 Å². The Hall–Kier alpha value is -1.10. The zero-order chi connectivity index (χ0) is 10.3. The Kier molecular flexibility index (Phi) is 2.19. The van der Waals surface area contributed by atoms with Gasteiger partial charge in [0.15, 0.2) is 4.77 Å². The van der Waals surface area contributed by atoms with Gasteiger partial charge < -0.3 is 14.7 Å². The van der Waals surface area contributed by atoms with Crippen molar-refractivity contribution in [3.8, 4) is 0 Å². The smallest absolute Gasteiger partial charge is 0.354 e. The van der Waals surface area contributed by atoms with Gasteiger partial charge in [-0.3, -0.25) is 0 Å². The van der Waals surface area contributed by atoms with E-state index < -0.39 is 5.97 Å². The molecule has 14 heavy (non-hydrogen) atoms. The van der Waals surface area contributed by atoms with E-state index >= 15 is 0 Å². The summed E-state index contributed by atoms with van der Waals surface area (Å²) in [4.78, 5) is 13.7. The van der Waals surface area contributed by atoms with Gasteiger partial charge in [-0.2, -0.15) is 0 Å². The van der Waals surface area contributed by atoms with E-state index in [1.807, 2.05) is 7.05 Å². The Labute approximate surface area is 86.6 Å². The molecule has 76 valence electrons. The second kappa shape index (κ2) is 3.24. The molecule has 0 aliphatic heterocycles. The normalized spacial score (nSPS) is 16.6. The number of hydrogen-bond donors (Lipinski definition) is 2. The number of nitrogens with one attached hydrogen (secondary N) is 1. The molecule has 4 nitrogen and oxygen atoms in total. The van der Waals surface area contributed by atoms with Crippen LogP contribution in [-0.2, 0) is 7.05 Å². The fourth-order valence-corrected chi connectivity index (χ4v) is 2.06. The number of carboxylic acid groups (broad SMARTS) is 1. The van der Waals surface area contributed by atoms with Crippen LogP contribution in [-0.4, -0.2) is 20.6 Å². The number of nitrogens with zero attached hydrogens (tertiary/aromatic N) is 1. The van der Waals surface area contributed by atoms with E-state index in [1.165, 1.54) is 6.42 Å². The molecule has 2 N–H and O–H groups in total. The SMILES string of the molecule is Cn1c(C2CCC2)c(C(=O)O)[nH]c1=S. The summed E-state index contributed by atoms with van der Waals surface area (Å²) in [5.41, 5.74) is 1.12. The van der Waals surface area contributed by atoms with Crippen LogP contribution in [0.1, 0.15) is 41.4 Å². The third-order valence-corrected chi connectivity index (χ3v) is 3.24. The van der Waals surface area contributed by atoms with Crippen molar-refractivity contribution in [2.45, 2.75) is 25.2 Å². The predicted octanol–water partition coefficient (Wildman–Crippen LogP) is 2.05. The van der Waals surface area contributed by atoms with Crippen LogP contribution >= 0.6 is 12.2 Å². The summed E-state index contributed by atoms with van der Waals surface area (Å²) in [7, 11) is 1.82. The fraction of sp³-hybridized carbons (Fsp3) is 0.556. The third kappa shape index (κ3) is 1.28. The maximum absolute atomic E-state index is 10.9. The highest BCUT2D eigenvalue weighted by atomic mass is 32.1. The zero-order valence-corrected chi connectivity index (χ0v) is 8.73. The minimum absolute atomic E-state index is 0.266. The molecular weight excluding hydrogens is 200 g/mol. The van der Waals surface area contributed by atoms with E-state index in [0.717, 1.165) is 18.5 Å². The van der Waals surface area contributed by atoms with Crippen LogP contribution in [0, 0.1) is 4.77 Å². The molecule has 0 amide bonds. The zero-order valence-electron chi connectivity index (χ0n) is 7.91. The highest BCUT2D eigenvalue weighted by Gasteiger charge is 2.28. The summed E-state index contributed by atoms with van der Waals surface area (Å²) in [5.74, 6) is -0.544. The molecule has 0 atom stereocenters. The average molecular weight is 212 g/mol. The van der Waals surface area contributed by atoms with E-state index in [2.05, 4.69) is 4.98 Å². The molecule has 0 unspecified atom stereocenters. The molecule has 0 saturated heterocycles. The topological polar surface area (TPSA) is 58.0 Å². The number of imidazole rings is 1. The number of aromatic carboxylic acids is 1. The van der Waals surface area contributed by atoms with Gasteiger partial charge in [-0.05, 0) is 25.1 Å². The predicted molar refractivity (Wildman–Crippen MR) is 54.1 cm³/mol. The van der Waals surface area contributed by atoms with Crippen LogP contribution in [0.3, 0.4) is 0 Å². The van der Waals surface area contributed by atoms with Gasteiger partial charge in [-0.15, -0.1) is 0 Å². The standard InChI is InChI=1S/C9H12N2O2S/c1-11-7(5-3-2-4-5)6(8(12)13)10-9(11)14/h5H,2-4H2,1H3,(H,10,14)(H,12,13). The van der Waals surface area contributed by atoms with Crippen molar-refractivity contribution in [2.24, 2.45) is 7.05 Å². The molecule has 0 spiro atoms. The molecule has 1 aromatic heterocycles. The van der Waals surface area contributed by atoms with Crippen molar-refractivity contribution < 1.29 is 9.90 Å². The van der Waals surface area contributed by atoms with Crippen LogP contribution in [0.15, 0.2) is 0 Å². The largest absolute Gasteiger partial charge is 0.477 e. The molecule has 5 heteroatoms. The quantitative estimate of drug-likeness (QED) is 0.738. The molecule has 2 rings (SSSR count). The number of carboxylic acids is 1. The first-order valence-electron chi connectivity index (χ1n) is 4.63. The second-order valence-electron chi connectivity index (χ2n) is 3.68. The molecule has 0 aromatic carbocycles. The molecule has 1 aliphatic carbocycles. The van der Waals surface area contributed by atoms with Gasteiger partial charge in [0.1, 0.15) is 5.69 Å². The Bertz CT molecular complexity index is 429. The third-order valence-electron chi connectivity index (χ3n) is 2.86. The minimum atomic E-state index is -0.918. The molecular formula is C9H12N2O2S. The Morgan fingerprint density at radius 3 is 2.71 bits per heavy atom. The molecule has 0 bridgehead atoms. The molecule has 1 fully saturated rings. The number of hydrogen-bond acceptors (Lipinski definition) is 2. The van der Waals surface area contributed by atoms with Crippen molar-refractivity contribution in [3.05, 3.63) is 16.2 Å². The number of aromatic nitrogens is 2. The lowest BCUT2D eigenvalue weighted by Gasteiger charge is -2.26. The van der Waals surface area contributed by atoms with Gasteiger partial charge in [0.2, 0.25) is 0 Å². The van der Waals surface area contributed by atoms with Crippen molar-refractivity contribution in [3.63, 3.8) is 0 Å². The van der Waals surface area contributed by atoms with E-state index in [-0.39, 0.29) is 5.69 Å². The van der Waals surface area contributed by atoms with Crippen LogP contribution in [0.2, 0.25) is 0 Å². The van der Waals surface area contributed by atoms with Crippen LogP contribution < -0.4 is 0 Å². The van der Waals surface area contributed by atoms with E-state index in [1.54, 1.807) is 4.57 Å². The molecule has 1 saturated carbocycles. The van der Waals surface area contributed by atoms with Gasteiger partial charge in [0, 0.05) is 13.0 Å². The minimum Gasteiger partial charge on any atom is -0.477 e. The molecule has 1 heterocycles. The number of carbonyl (C=O) groups is 1. The summed E-state index contributed by atoms with van der Waals surface area (Å²) < 4.78 is 2.27. The van der Waals surface area contributed by atoms with Gasteiger partial charge >= 0.3 is 5.97 Å². The van der Waals surface area contributed by atoms with Gasteiger partial charge in [-0.25, -0.2) is 4.79 Å². The van der Waals surface area contributed by atoms with Crippen molar-refractivity contribution in [1.82, 2.24) is 9.55 Å². The number of rotatable bonds is 2. The van der Waals surface area contributed by atoms with Gasteiger partial charge in [0.05, 0.1) is 5.69 Å². The number of H-pyrrole nitrogens is 1. The van der Waals surface area contributed by atoms with E-state index in [0.29, 0.717) is 10.7 Å². The second-order valence-corrected chi connectivity index (χ2v) is 4.07. The molecule has 1 aliphatic rings.